The highest BCUT2D eigenvalue weighted by Gasteiger charge is 2.08. The van der Waals surface area contributed by atoms with Crippen molar-refractivity contribution < 1.29 is 9.84 Å². The topological polar surface area (TPSA) is 46.8 Å². The largest absolute Gasteiger partial charge is 0.497 e. The number of aliphatic hydroxyl groups excluding tert-OH is 1. The van der Waals surface area contributed by atoms with Crippen LogP contribution >= 0.6 is 0 Å². The van der Waals surface area contributed by atoms with Crippen molar-refractivity contribution in [2.24, 2.45) is 0 Å². The van der Waals surface area contributed by atoms with Crippen LogP contribution in [0.4, 0.5) is 0 Å². The first-order valence-electron chi connectivity index (χ1n) is 6.03. The van der Waals surface area contributed by atoms with Gasteiger partial charge in [-0.15, -0.1) is 0 Å². The molecule has 0 aliphatic carbocycles. The zero-order chi connectivity index (χ0) is 13.2. The van der Waals surface area contributed by atoms with Crippen LogP contribution in [0, 0.1) is 0 Å². The third-order valence-corrected chi connectivity index (χ3v) is 3.10. The second-order valence-corrected chi connectivity index (χ2v) is 4.28. The quantitative estimate of drug-likeness (QED) is 0.781. The van der Waals surface area contributed by atoms with E-state index in [0.717, 1.165) is 28.2 Å². The van der Waals surface area contributed by atoms with Gasteiger partial charge in [-0.2, -0.15) is 0 Å². The van der Waals surface area contributed by atoms with E-state index >= 15 is 0 Å². The number of benzene rings is 1. The number of aliphatic hydroxyl groups is 1. The molecule has 1 N–H and O–H groups in total. The predicted octanol–water partition coefficient (Wildman–Crippen LogP) is 2.50. The molecule has 0 fully saturated rings. The molecule has 96 valence electrons. The number of nitrogens with zero attached hydrogens (tertiary/aromatic N) is 2. The van der Waals surface area contributed by atoms with E-state index in [1.165, 1.54) is 0 Å². The maximum atomic E-state index is 9.32. The molecular weight excluding hydrogens is 240 g/mol. The van der Waals surface area contributed by atoms with Gasteiger partial charge in [-0.25, -0.2) is 4.98 Å². The minimum Gasteiger partial charge on any atom is -0.497 e. The fourth-order valence-corrected chi connectivity index (χ4v) is 2.12. The molecule has 2 aromatic heterocycles. The highest BCUT2D eigenvalue weighted by molar-refractivity contribution is 5.65. The first kappa shape index (κ1) is 11.7. The highest BCUT2D eigenvalue weighted by atomic mass is 16.5. The number of aromatic nitrogens is 2. The van der Waals surface area contributed by atoms with Gasteiger partial charge in [0.05, 0.1) is 19.4 Å². The van der Waals surface area contributed by atoms with Crippen molar-refractivity contribution in [3.63, 3.8) is 0 Å². The summed E-state index contributed by atoms with van der Waals surface area (Å²) in [6, 6.07) is 11.5. The van der Waals surface area contributed by atoms with Crippen LogP contribution in [0.2, 0.25) is 0 Å². The first-order valence-corrected chi connectivity index (χ1v) is 6.03. The van der Waals surface area contributed by atoms with Gasteiger partial charge in [-0.3, -0.25) is 0 Å². The molecule has 0 atom stereocenters. The Morgan fingerprint density at radius 3 is 2.95 bits per heavy atom. The monoisotopic (exact) mass is 254 g/mol. The van der Waals surface area contributed by atoms with Crippen molar-refractivity contribution in [2.45, 2.75) is 6.61 Å². The van der Waals surface area contributed by atoms with Crippen LogP contribution < -0.4 is 4.74 Å². The Labute approximate surface area is 110 Å². The zero-order valence-corrected chi connectivity index (χ0v) is 10.6. The number of methoxy groups -OCH3 is 1. The minimum absolute atomic E-state index is 0.0150. The molecule has 3 rings (SSSR count). The lowest BCUT2D eigenvalue weighted by molar-refractivity contribution is 0.282. The zero-order valence-electron chi connectivity index (χ0n) is 10.6. The van der Waals surface area contributed by atoms with Gasteiger partial charge in [-0.1, -0.05) is 18.2 Å². The third kappa shape index (κ3) is 2.06. The second kappa shape index (κ2) is 4.74. The Balaban J connectivity index is 2.15. The Bertz CT molecular complexity index is 719. The summed E-state index contributed by atoms with van der Waals surface area (Å²) in [4.78, 5) is 4.58. The Morgan fingerprint density at radius 2 is 2.16 bits per heavy atom. The van der Waals surface area contributed by atoms with Crippen molar-refractivity contribution in [1.29, 1.82) is 0 Å². The van der Waals surface area contributed by atoms with Crippen LogP contribution in [0.25, 0.3) is 16.9 Å². The van der Waals surface area contributed by atoms with Crippen molar-refractivity contribution in [3.05, 3.63) is 54.4 Å². The van der Waals surface area contributed by atoms with E-state index in [1.807, 2.05) is 53.2 Å². The van der Waals surface area contributed by atoms with Crippen LogP contribution in [-0.4, -0.2) is 21.6 Å². The van der Waals surface area contributed by atoms with E-state index in [9.17, 15) is 5.11 Å². The van der Waals surface area contributed by atoms with Crippen molar-refractivity contribution >= 4 is 5.65 Å². The summed E-state index contributed by atoms with van der Waals surface area (Å²) < 4.78 is 7.14. The van der Waals surface area contributed by atoms with Crippen molar-refractivity contribution in [2.75, 3.05) is 7.11 Å². The summed E-state index contributed by atoms with van der Waals surface area (Å²) in [5, 5.41) is 9.32. The van der Waals surface area contributed by atoms with Crippen LogP contribution in [0.3, 0.4) is 0 Å². The van der Waals surface area contributed by atoms with Crippen LogP contribution in [-0.2, 0) is 6.61 Å². The van der Waals surface area contributed by atoms with Gasteiger partial charge < -0.3 is 14.2 Å². The van der Waals surface area contributed by atoms with Gasteiger partial charge in [0.25, 0.3) is 0 Å². The van der Waals surface area contributed by atoms with E-state index in [2.05, 4.69) is 4.98 Å². The summed E-state index contributed by atoms with van der Waals surface area (Å²) in [6.07, 6.45) is 3.87. The second-order valence-electron chi connectivity index (χ2n) is 4.28. The Kier molecular flexibility index (Phi) is 2.93. The lowest BCUT2D eigenvalue weighted by atomic mass is 10.1. The Hall–Kier alpha value is -2.33. The Morgan fingerprint density at radius 1 is 1.26 bits per heavy atom. The number of rotatable bonds is 3. The molecule has 4 nitrogen and oxygen atoms in total. The van der Waals surface area contributed by atoms with Gasteiger partial charge >= 0.3 is 0 Å². The highest BCUT2D eigenvalue weighted by Crippen LogP contribution is 2.24. The molecule has 0 unspecified atom stereocenters. The molecular formula is C15H14N2O2. The number of hydrogen-bond donors (Lipinski definition) is 1. The molecule has 0 bridgehead atoms. The fourth-order valence-electron chi connectivity index (χ4n) is 2.12. The predicted molar refractivity (Wildman–Crippen MR) is 73.1 cm³/mol. The van der Waals surface area contributed by atoms with Crippen molar-refractivity contribution in [1.82, 2.24) is 9.38 Å². The van der Waals surface area contributed by atoms with E-state index in [-0.39, 0.29) is 6.61 Å². The number of pyridine rings is 1. The summed E-state index contributed by atoms with van der Waals surface area (Å²) >= 11 is 0. The lowest BCUT2D eigenvalue weighted by Crippen LogP contribution is -1.90. The molecule has 2 heterocycles. The van der Waals surface area contributed by atoms with E-state index in [1.54, 1.807) is 7.11 Å². The van der Waals surface area contributed by atoms with E-state index in [0.29, 0.717) is 0 Å². The van der Waals surface area contributed by atoms with Gasteiger partial charge in [0.2, 0.25) is 0 Å². The molecule has 0 saturated heterocycles. The summed E-state index contributed by atoms with van der Waals surface area (Å²) in [5.74, 6) is 0.803. The normalized spacial score (nSPS) is 10.8. The lowest BCUT2D eigenvalue weighted by Gasteiger charge is -2.01. The average molecular weight is 254 g/mol. The smallest absolute Gasteiger partial charge is 0.142 e. The minimum atomic E-state index is -0.0150. The van der Waals surface area contributed by atoms with Crippen LogP contribution in [0.1, 0.15) is 5.56 Å². The van der Waals surface area contributed by atoms with E-state index < -0.39 is 0 Å². The fraction of sp³-hybridized carbons (Fsp3) is 0.133. The van der Waals surface area contributed by atoms with Crippen LogP contribution in [0.15, 0.2) is 48.8 Å². The third-order valence-electron chi connectivity index (χ3n) is 3.10. The number of imidazole rings is 1. The maximum Gasteiger partial charge on any atom is 0.142 e. The summed E-state index contributed by atoms with van der Waals surface area (Å²) in [5.41, 5.74) is 3.45. The van der Waals surface area contributed by atoms with Crippen LogP contribution in [0.5, 0.6) is 5.75 Å². The summed E-state index contributed by atoms with van der Waals surface area (Å²) in [7, 11) is 1.65. The molecule has 19 heavy (non-hydrogen) atoms. The first-order chi connectivity index (χ1) is 9.31. The SMILES string of the molecule is COc1cccc(-c2cn3cccc(CO)c3n2)c1. The van der Waals surface area contributed by atoms with Gasteiger partial charge in [0.15, 0.2) is 0 Å². The molecule has 0 aliphatic heterocycles. The number of hydrogen-bond acceptors (Lipinski definition) is 3. The number of fused-ring (bicyclic) bond motifs is 1. The van der Waals surface area contributed by atoms with Gasteiger partial charge in [0, 0.05) is 23.5 Å². The van der Waals surface area contributed by atoms with Crippen molar-refractivity contribution in [3.8, 4) is 17.0 Å². The van der Waals surface area contributed by atoms with E-state index in [4.69, 9.17) is 4.74 Å². The molecule has 0 amide bonds. The number of ether oxygens (including phenoxy) is 1. The molecule has 0 spiro atoms. The molecule has 1 aromatic carbocycles. The molecule has 4 heteroatoms. The molecule has 3 aromatic rings. The molecule has 0 radical (unpaired) electrons. The summed E-state index contributed by atoms with van der Waals surface area (Å²) in [6.45, 7) is -0.0150. The standard InChI is InChI=1S/C15H14N2O2/c1-19-13-6-2-4-11(8-13)14-9-17-7-3-5-12(10-18)15(17)16-14/h2-9,18H,10H2,1H3. The maximum absolute atomic E-state index is 9.32. The molecule has 0 aliphatic rings. The molecule has 0 saturated carbocycles. The van der Waals surface area contributed by atoms with Gasteiger partial charge in [-0.05, 0) is 18.2 Å². The van der Waals surface area contributed by atoms with Gasteiger partial charge in [0.1, 0.15) is 11.4 Å². The average Bonchev–Trinajstić information content (AvgIpc) is 2.91.